The number of pyridine rings is 1. The standard InChI is InChI=1S/C22H29N5O2/c1-15-12-17-4-3-8-26(21(17)13-23-15)22-19-14-25(16(2)28)9-5-20(19)27(24-22)18-6-10-29-11-7-18/h12-13,18H,3-11,14H2,1-2H3. The number of carbonyl (C=O) groups is 1. The number of carbonyl (C=O) groups excluding carboxylic acids is 1. The average molecular weight is 396 g/mol. The van der Waals surface area contributed by atoms with Crippen LogP contribution in [0.4, 0.5) is 11.5 Å². The van der Waals surface area contributed by atoms with E-state index in [1.54, 1.807) is 6.92 Å². The van der Waals surface area contributed by atoms with Crippen molar-refractivity contribution in [1.82, 2.24) is 19.7 Å². The van der Waals surface area contributed by atoms with Crippen molar-refractivity contribution in [3.63, 3.8) is 0 Å². The summed E-state index contributed by atoms with van der Waals surface area (Å²) in [4.78, 5) is 20.9. The molecular formula is C22H29N5O2. The van der Waals surface area contributed by atoms with Crippen molar-refractivity contribution < 1.29 is 9.53 Å². The van der Waals surface area contributed by atoms with Crippen LogP contribution in [0, 0.1) is 6.92 Å². The van der Waals surface area contributed by atoms with Crippen molar-refractivity contribution in [2.45, 2.75) is 58.5 Å². The fourth-order valence-corrected chi connectivity index (χ4v) is 4.97. The highest BCUT2D eigenvalue weighted by atomic mass is 16.5. The van der Waals surface area contributed by atoms with Crippen LogP contribution in [-0.4, -0.2) is 51.9 Å². The zero-order valence-corrected chi connectivity index (χ0v) is 17.4. The van der Waals surface area contributed by atoms with E-state index >= 15 is 0 Å². The van der Waals surface area contributed by atoms with Crippen LogP contribution in [0.2, 0.25) is 0 Å². The first kappa shape index (κ1) is 18.6. The first-order chi connectivity index (χ1) is 14.1. The lowest BCUT2D eigenvalue weighted by Crippen LogP contribution is -2.36. The van der Waals surface area contributed by atoms with Gasteiger partial charge in [0.25, 0.3) is 0 Å². The summed E-state index contributed by atoms with van der Waals surface area (Å²) in [5, 5.41) is 5.18. The van der Waals surface area contributed by atoms with Crippen LogP contribution in [0.5, 0.6) is 0 Å². The number of aromatic nitrogens is 3. The van der Waals surface area contributed by atoms with Crippen molar-refractivity contribution in [3.05, 3.63) is 34.8 Å². The SMILES string of the molecule is CC(=O)N1CCc2c(c(N3CCCc4cc(C)ncc43)nn2C2CCOCC2)C1. The van der Waals surface area contributed by atoms with Crippen molar-refractivity contribution >= 4 is 17.4 Å². The quantitative estimate of drug-likeness (QED) is 0.782. The number of hydrogen-bond acceptors (Lipinski definition) is 5. The van der Waals surface area contributed by atoms with Gasteiger partial charge in [-0.1, -0.05) is 0 Å². The fraction of sp³-hybridized carbons (Fsp3) is 0.591. The van der Waals surface area contributed by atoms with E-state index in [0.717, 1.165) is 69.9 Å². The highest BCUT2D eigenvalue weighted by Gasteiger charge is 2.33. The predicted molar refractivity (Wildman–Crippen MR) is 110 cm³/mol. The first-order valence-corrected chi connectivity index (χ1v) is 10.8. The Morgan fingerprint density at radius 3 is 2.83 bits per heavy atom. The molecule has 0 saturated carbocycles. The molecule has 0 unspecified atom stereocenters. The van der Waals surface area contributed by atoms with E-state index < -0.39 is 0 Å². The van der Waals surface area contributed by atoms with Gasteiger partial charge in [0, 0.05) is 56.6 Å². The highest BCUT2D eigenvalue weighted by Crippen LogP contribution is 2.39. The molecule has 2 aromatic heterocycles. The van der Waals surface area contributed by atoms with E-state index in [1.165, 1.54) is 22.5 Å². The number of anilines is 2. The van der Waals surface area contributed by atoms with Gasteiger partial charge in [0.2, 0.25) is 5.91 Å². The summed E-state index contributed by atoms with van der Waals surface area (Å²) >= 11 is 0. The largest absolute Gasteiger partial charge is 0.381 e. The number of hydrogen-bond donors (Lipinski definition) is 0. The second-order valence-corrected chi connectivity index (χ2v) is 8.44. The molecule has 0 aliphatic carbocycles. The molecule has 5 rings (SSSR count). The Kier molecular flexibility index (Phi) is 4.78. The number of aryl methyl sites for hydroxylation is 2. The molecule has 3 aliphatic heterocycles. The third kappa shape index (κ3) is 3.31. The van der Waals surface area contributed by atoms with Crippen molar-refractivity contribution in [2.24, 2.45) is 0 Å². The smallest absolute Gasteiger partial charge is 0.219 e. The van der Waals surface area contributed by atoms with Gasteiger partial charge in [-0.15, -0.1) is 0 Å². The Balaban J connectivity index is 1.60. The molecule has 1 amide bonds. The normalized spacial score (nSPS) is 19.8. The summed E-state index contributed by atoms with van der Waals surface area (Å²) in [6.07, 6.45) is 7.05. The van der Waals surface area contributed by atoms with Crippen LogP contribution in [0.15, 0.2) is 12.3 Å². The van der Waals surface area contributed by atoms with Gasteiger partial charge >= 0.3 is 0 Å². The van der Waals surface area contributed by atoms with Gasteiger partial charge in [0.1, 0.15) is 0 Å². The maximum absolute atomic E-state index is 12.1. The van der Waals surface area contributed by atoms with Gasteiger partial charge in [-0.25, -0.2) is 0 Å². The Labute approximate surface area is 171 Å². The van der Waals surface area contributed by atoms with Crippen molar-refractivity contribution in [2.75, 3.05) is 31.2 Å². The fourth-order valence-electron chi connectivity index (χ4n) is 4.97. The number of fused-ring (bicyclic) bond motifs is 2. The second kappa shape index (κ2) is 7.44. The molecule has 7 heteroatoms. The van der Waals surface area contributed by atoms with Gasteiger partial charge < -0.3 is 14.5 Å². The van der Waals surface area contributed by atoms with E-state index in [9.17, 15) is 4.79 Å². The van der Waals surface area contributed by atoms with Crippen LogP contribution in [0.3, 0.4) is 0 Å². The minimum atomic E-state index is 0.136. The third-order valence-electron chi connectivity index (χ3n) is 6.52. The second-order valence-electron chi connectivity index (χ2n) is 8.44. The Morgan fingerprint density at radius 1 is 1.21 bits per heavy atom. The molecule has 154 valence electrons. The zero-order valence-electron chi connectivity index (χ0n) is 17.4. The van der Waals surface area contributed by atoms with E-state index in [1.807, 2.05) is 18.0 Å². The number of nitrogens with zero attached hydrogens (tertiary/aromatic N) is 5. The molecule has 0 spiro atoms. The highest BCUT2D eigenvalue weighted by molar-refractivity contribution is 5.75. The Bertz CT molecular complexity index is 932. The minimum Gasteiger partial charge on any atom is -0.381 e. The van der Waals surface area contributed by atoms with Gasteiger partial charge in [0.15, 0.2) is 5.82 Å². The zero-order chi connectivity index (χ0) is 20.0. The number of amides is 1. The molecule has 29 heavy (non-hydrogen) atoms. The molecule has 0 atom stereocenters. The molecule has 0 bridgehead atoms. The third-order valence-corrected chi connectivity index (χ3v) is 6.52. The summed E-state index contributed by atoms with van der Waals surface area (Å²) in [5.74, 6) is 1.15. The van der Waals surface area contributed by atoms with E-state index in [-0.39, 0.29) is 5.91 Å². The van der Waals surface area contributed by atoms with Gasteiger partial charge in [-0.05, 0) is 44.2 Å². The minimum absolute atomic E-state index is 0.136. The predicted octanol–water partition coefficient (Wildman–Crippen LogP) is 2.93. The van der Waals surface area contributed by atoms with Gasteiger partial charge in [0.05, 0.1) is 24.5 Å². The lowest BCUT2D eigenvalue weighted by atomic mass is 10.0. The summed E-state index contributed by atoms with van der Waals surface area (Å²) in [7, 11) is 0. The topological polar surface area (TPSA) is 63.5 Å². The van der Waals surface area contributed by atoms with Crippen LogP contribution in [0.25, 0.3) is 0 Å². The number of ether oxygens (including phenoxy) is 1. The molecule has 1 saturated heterocycles. The lowest BCUT2D eigenvalue weighted by Gasteiger charge is -2.32. The van der Waals surface area contributed by atoms with E-state index in [0.29, 0.717) is 12.6 Å². The summed E-state index contributed by atoms with van der Waals surface area (Å²) in [6.45, 7) is 7.66. The summed E-state index contributed by atoms with van der Waals surface area (Å²) in [6, 6.07) is 2.58. The van der Waals surface area contributed by atoms with Crippen LogP contribution in [0.1, 0.15) is 54.7 Å². The lowest BCUT2D eigenvalue weighted by molar-refractivity contribution is -0.129. The summed E-state index contributed by atoms with van der Waals surface area (Å²) < 4.78 is 7.85. The molecule has 2 aromatic rings. The maximum Gasteiger partial charge on any atom is 0.219 e. The monoisotopic (exact) mass is 395 g/mol. The molecule has 3 aliphatic rings. The molecular weight excluding hydrogens is 366 g/mol. The molecule has 0 N–H and O–H groups in total. The Hall–Kier alpha value is -2.41. The van der Waals surface area contributed by atoms with Crippen LogP contribution >= 0.6 is 0 Å². The van der Waals surface area contributed by atoms with E-state index in [2.05, 4.69) is 20.6 Å². The van der Waals surface area contributed by atoms with Crippen molar-refractivity contribution in [3.8, 4) is 0 Å². The molecule has 0 aromatic carbocycles. The first-order valence-electron chi connectivity index (χ1n) is 10.8. The molecule has 1 fully saturated rings. The number of rotatable bonds is 2. The van der Waals surface area contributed by atoms with Crippen LogP contribution in [-0.2, 0) is 28.9 Å². The maximum atomic E-state index is 12.1. The molecule has 0 radical (unpaired) electrons. The Morgan fingerprint density at radius 2 is 2.03 bits per heavy atom. The molecule has 7 nitrogen and oxygen atoms in total. The average Bonchev–Trinajstić information content (AvgIpc) is 3.12. The van der Waals surface area contributed by atoms with Crippen molar-refractivity contribution in [1.29, 1.82) is 0 Å². The van der Waals surface area contributed by atoms with Crippen LogP contribution < -0.4 is 4.90 Å². The van der Waals surface area contributed by atoms with E-state index in [4.69, 9.17) is 9.84 Å². The molecule has 5 heterocycles. The van der Waals surface area contributed by atoms with Gasteiger partial charge in [-0.2, -0.15) is 5.10 Å². The summed E-state index contributed by atoms with van der Waals surface area (Å²) in [5.41, 5.74) is 6.09. The van der Waals surface area contributed by atoms with Gasteiger partial charge in [-0.3, -0.25) is 14.5 Å².